The SMILES string of the molecule is Cn1c(SC[C@H](O)COc2ccccc2F)nnc1-c1ccccc1F. The molecule has 0 bridgehead atoms. The fourth-order valence-electron chi connectivity index (χ4n) is 2.28. The highest BCUT2D eigenvalue weighted by Crippen LogP contribution is 2.25. The van der Waals surface area contributed by atoms with Gasteiger partial charge in [0.05, 0.1) is 11.7 Å². The number of rotatable bonds is 7. The molecule has 3 rings (SSSR count). The summed E-state index contributed by atoms with van der Waals surface area (Å²) in [5.41, 5.74) is 0.359. The number of hydrogen-bond donors (Lipinski definition) is 1. The Morgan fingerprint density at radius 1 is 1.08 bits per heavy atom. The van der Waals surface area contributed by atoms with E-state index < -0.39 is 11.9 Å². The van der Waals surface area contributed by atoms with Gasteiger partial charge in [-0.1, -0.05) is 36.0 Å². The minimum Gasteiger partial charge on any atom is -0.488 e. The fraction of sp³-hybridized carbons (Fsp3) is 0.222. The molecule has 0 radical (unpaired) electrons. The molecule has 0 saturated heterocycles. The van der Waals surface area contributed by atoms with Gasteiger partial charge in [-0.25, -0.2) is 8.78 Å². The lowest BCUT2D eigenvalue weighted by molar-refractivity contribution is 0.123. The summed E-state index contributed by atoms with van der Waals surface area (Å²) in [6, 6.07) is 12.3. The lowest BCUT2D eigenvalue weighted by Crippen LogP contribution is -2.20. The van der Waals surface area contributed by atoms with Crippen LogP contribution in [-0.2, 0) is 7.05 Å². The van der Waals surface area contributed by atoms with Crippen molar-refractivity contribution in [1.82, 2.24) is 14.8 Å². The monoisotopic (exact) mass is 377 g/mol. The molecule has 26 heavy (non-hydrogen) atoms. The lowest BCUT2D eigenvalue weighted by Gasteiger charge is -2.12. The number of aliphatic hydroxyl groups excluding tert-OH is 1. The molecule has 0 spiro atoms. The third-order valence-corrected chi connectivity index (χ3v) is 4.79. The quantitative estimate of drug-likeness (QED) is 0.640. The number of para-hydroxylation sites is 1. The molecule has 0 aliphatic rings. The summed E-state index contributed by atoms with van der Waals surface area (Å²) in [6.07, 6.45) is -0.826. The van der Waals surface area contributed by atoms with Gasteiger partial charge in [-0.15, -0.1) is 10.2 Å². The van der Waals surface area contributed by atoms with Crippen molar-refractivity contribution in [3.63, 3.8) is 0 Å². The molecule has 0 aliphatic heterocycles. The minimum absolute atomic E-state index is 0.0496. The molecule has 5 nitrogen and oxygen atoms in total. The first-order valence-corrected chi connectivity index (χ1v) is 8.87. The Morgan fingerprint density at radius 3 is 2.50 bits per heavy atom. The van der Waals surface area contributed by atoms with Crippen LogP contribution in [0.15, 0.2) is 53.7 Å². The van der Waals surface area contributed by atoms with E-state index in [9.17, 15) is 13.9 Å². The van der Waals surface area contributed by atoms with Crippen molar-refractivity contribution in [2.45, 2.75) is 11.3 Å². The van der Waals surface area contributed by atoms with E-state index in [1.54, 1.807) is 41.9 Å². The molecule has 2 aromatic carbocycles. The van der Waals surface area contributed by atoms with Crippen LogP contribution in [0.3, 0.4) is 0 Å². The smallest absolute Gasteiger partial charge is 0.191 e. The van der Waals surface area contributed by atoms with Crippen LogP contribution in [0.2, 0.25) is 0 Å². The second-order valence-electron chi connectivity index (χ2n) is 5.55. The maximum atomic E-state index is 13.9. The maximum absolute atomic E-state index is 13.9. The van der Waals surface area contributed by atoms with Crippen LogP contribution in [0.5, 0.6) is 5.75 Å². The van der Waals surface area contributed by atoms with Crippen molar-refractivity contribution in [1.29, 1.82) is 0 Å². The van der Waals surface area contributed by atoms with E-state index in [-0.39, 0.29) is 23.9 Å². The van der Waals surface area contributed by atoms with Gasteiger partial charge in [0.1, 0.15) is 12.4 Å². The molecule has 3 aromatic rings. The predicted octanol–water partition coefficient (Wildman–Crippen LogP) is 3.29. The predicted molar refractivity (Wildman–Crippen MR) is 95.0 cm³/mol. The fourth-order valence-corrected chi connectivity index (χ4v) is 3.10. The van der Waals surface area contributed by atoms with Crippen LogP contribution in [0.4, 0.5) is 8.78 Å². The topological polar surface area (TPSA) is 60.2 Å². The highest BCUT2D eigenvalue weighted by atomic mass is 32.2. The Balaban J connectivity index is 1.58. The molecule has 8 heteroatoms. The van der Waals surface area contributed by atoms with Gasteiger partial charge >= 0.3 is 0 Å². The molecule has 0 aliphatic carbocycles. The summed E-state index contributed by atoms with van der Waals surface area (Å²) in [5.74, 6) is -0.0784. The summed E-state index contributed by atoms with van der Waals surface area (Å²) in [6.45, 7) is -0.0496. The van der Waals surface area contributed by atoms with Crippen molar-refractivity contribution in [2.24, 2.45) is 7.05 Å². The van der Waals surface area contributed by atoms with E-state index in [4.69, 9.17) is 4.74 Å². The number of nitrogens with zero attached hydrogens (tertiary/aromatic N) is 3. The molecule has 136 valence electrons. The summed E-state index contributed by atoms with van der Waals surface area (Å²) in [5, 5.41) is 18.6. The van der Waals surface area contributed by atoms with Crippen LogP contribution in [0, 0.1) is 11.6 Å². The molecule has 0 fully saturated rings. The number of halogens is 2. The van der Waals surface area contributed by atoms with Crippen molar-refractivity contribution < 1.29 is 18.6 Å². The van der Waals surface area contributed by atoms with Crippen molar-refractivity contribution in [2.75, 3.05) is 12.4 Å². The van der Waals surface area contributed by atoms with Crippen molar-refractivity contribution in [3.05, 3.63) is 60.2 Å². The van der Waals surface area contributed by atoms with Crippen molar-refractivity contribution >= 4 is 11.8 Å². The summed E-state index contributed by atoms with van der Waals surface area (Å²) < 4.78 is 34.3. The van der Waals surface area contributed by atoms with Crippen LogP contribution < -0.4 is 4.74 Å². The van der Waals surface area contributed by atoms with Gasteiger partial charge in [-0.05, 0) is 24.3 Å². The van der Waals surface area contributed by atoms with E-state index in [1.165, 1.54) is 30.0 Å². The number of aromatic nitrogens is 3. The average Bonchev–Trinajstić information content (AvgIpc) is 3.00. The van der Waals surface area contributed by atoms with E-state index in [1.807, 2.05) is 0 Å². The first kappa shape index (κ1) is 18.3. The Hall–Kier alpha value is -2.45. The number of aliphatic hydroxyl groups is 1. The van der Waals surface area contributed by atoms with Crippen molar-refractivity contribution in [3.8, 4) is 17.1 Å². The van der Waals surface area contributed by atoms with Gasteiger partial charge in [0.25, 0.3) is 0 Å². The first-order valence-electron chi connectivity index (χ1n) is 7.88. The van der Waals surface area contributed by atoms with Crippen LogP contribution in [0.1, 0.15) is 0 Å². The third kappa shape index (κ3) is 4.20. The second-order valence-corrected chi connectivity index (χ2v) is 6.54. The van der Waals surface area contributed by atoms with Gasteiger partial charge < -0.3 is 14.4 Å². The molecule has 1 aromatic heterocycles. The lowest BCUT2D eigenvalue weighted by atomic mass is 10.2. The van der Waals surface area contributed by atoms with Gasteiger partial charge in [-0.2, -0.15) is 0 Å². The van der Waals surface area contributed by atoms with E-state index in [0.717, 1.165) is 0 Å². The second kappa shape index (κ2) is 8.29. The Kier molecular flexibility index (Phi) is 5.85. The van der Waals surface area contributed by atoms with Gasteiger partial charge in [0.2, 0.25) is 0 Å². The third-order valence-electron chi connectivity index (χ3n) is 3.62. The minimum atomic E-state index is -0.826. The molecule has 1 heterocycles. The summed E-state index contributed by atoms with van der Waals surface area (Å²) in [4.78, 5) is 0. The number of ether oxygens (including phenoxy) is 1. The molecule has 0 saturated carbocycles. The number of hydrogen-bond acceptors (Lipinski definition) is 5. The molecule has 0 unspecified atom stereocenters. The molecular weight excluding hydrogens is 360 g/mol. The first-order chi connectivity index (χ1) is 12.6. The molecular formula is C18H17F2N3O2S. The van der Waals surface area contributed by atoms with E-state index in [2.05, 4.69) is 10.2 Å². The van der Waals surface area contributed by atoms with Crippen LogP contribution in [0.25, 0.3) is 11.4 Å². The normalized spacial score (nSPS) is 12.2. The molecule has 1 N–H and O–H groups in total. The molecule has 1 atom stereocenters. The van der Waals surface area contributed by atoms with E-state index in [0.29, 0.717) is 16.5 Å². The zero-order valence-electron chi connectivity index (χ0n) is 14.0. The summed E-state index contributed by atoms with van der Waals surface area (Å²) in [7, 11) is 1.73. The largest absolute Gasteiger partial charge is 0.488 e. The van der Waals surface area contributed by atoms with Gasteiger partial charge in [0, 0.05) is 12.8 Å². The number of benzene rings is 2. The Labute approximate surface area is 153 Å². The van der Waals surface area contributed by atoms with E-state index >= 15 is 0 Å². The average molecular weight is 377 g/mol. The van der Waals surface area contributed by atoms with Crippen LogP contribution in [-0.4, -0.2) is 38.3 Å². The maximum Gasteiger partial charge on any atom is 0.191 e. The zero-order valence-corrected chi connectivity index (χ0v) is 14.8. The zero-order chi connectivity index (χ0) is 18.5. The van der Waals surface area contributed by atoms with Gasteiger partial charge in [0.15, 0.2) is 22.5 Å². The molecule has 0 amide bonds. The number of thioether (sulfide) groups is 1. The standard InChI is InChI=1S/C18H17F2N3O2S/c1-23-17(13-6-2-3-7-14(13)19)21-22-18(23)26-11-12(24)10-25-16-9-5-4-8-15(16)20/h2-9,12,24H,10-11H2,1H3/t12-/m1/s1. The highest BCUT2D eigenvalue weighted by molar-refractivity contribution is 7.99. The Bertz CT molecular complexity index is 888. The van der Waals surface area contributed by atoms with Crippen LogP contribution >= 0.6 is 11.8 Å². The highest BCUT2D eigenvalue weighted by Gasteiger charge is 2.16. The Morgan fingerprint density at radius 2 is 1.77 bits per heavy atom. The summed E-state index contributed by atoms with van der Waals surface area (Å²) >= 11 is 1.26. The van der Waals surface area contributed by atoms with Gasteiger partial charge in [-0.3, -0.25) is 0 Å².